The second kappa shape index (κ2) is 6.82. The summed E-state index contributed by atoms with van der Waals surface area (Å²) in [7, 11) is 0. The standard InChI is InChI=1S/C15H12N6/c1-11(13-4-8-15(9-5-13)19-21-17)10-12-2-6-14(7-3-12)18-20-16/h2-10H,1H3. The summed E-state index contributed by atoms with van der Waals surface area (Å²) < 4.78 is 0. The maximum Gasteiger partial charge on any atom is 0.0375 e. The minimum atomic E-state index is 0.589. The third-order valence-electron chi connectivity index (χ3n) is 2.92. The van der Waals surface area contributed by atoms with Crippen molar-refractivity contribution in [1.82, 2.24) is 0 Å². The van der Waals surface area contributed by atoms with Gasteiger partial charge in [0.2, 0.25) is 0 Å². The Morgan fingerprint density at radius 3 is 1.81 bits per heavy atom. The van der Waals surface area contributed by atoms with E-state index in [9.17, 15) is 0 Å². The van der Waals surface area contributed by atoms with Gasteiger partial charge in [0.05, 0.1) is 0 Å². The third-order valence-corrected chi connectivity index (χ3v) is 2.92. The van der Waals surface area contributed by atoms with Crippen LogP contribution in [0.5, 0.6) is 0 Å². The number of nitrogens with zero attached hydrogens (tertiary/aromatic N) is 6. The zero-order valence-electron chi connectivity index (χ0n) is 11.4. The maximum atomic E-state index is 8.37. The molecule has 0 fully saturated rings. The summed E-state index contributed by atoms with van der Waals surface area (Å²) in [5, 5.41) is 7.07. The van der Waals surface area contributed by atoms with Crippen LogP contribution < -0.4 is 0 Å². The van der Waals surface area contributed by atoms with Crippen LogP contribution in [-0.2, 0) is 0 Å². The number of hydrogen-bond donors (Lipinski definition) is 0. The molecule has 0 heterocycles. The molecule has 0 atom stereocenters. The van der Waals surface area contributed by atoms with Gasteiger partial charge in [-0.15, -0.1) is 0 Å². The van der Waals surface area contributed by atoms with Crippen molar-refractivity contribution in [2.75, 3.05) is 0 Å². The van der Waals surface area contributed by atoms with Crippen molar-refractivity contribution in [3.8, 4) is 0 Å². The SMILES string of the molecule is CC(=Cc1ccc(N=[N+]=[N-])cc1)c1ccc(N=[N+]=[N-])cc1. The van der Waals surface area contributed by atoms with E-state index in [-0.39, 0.29) is 0 Å². The summed E-state index contributed by atoms with van der Waals surface area (Å²) in [5.41, 5.74) is 21.1. The molecule has 2 aromatic rings. The second-order valence-electron chi connectivity index (χ2n) is 4.34. The van der Waals surface area contributed by atoms with E-state index in [1.165, 1.54) is 0 Å². The maximum absolute atomic E-state index is 8.37. The van der Waals surface area contributed by atoms with E-state index in [1.54, 1.807) is 24.3 Å². The number of hydrogen-bond acceptors (Lipinski definition) is 2. The lowest BCUT2D eigenvalue weighted by Gasteiger charge is -2.03. The average Bonchev–Trinajstić information content (AvgIpc) is 2.50. The lowest BCUT2D eigenvalue weighted by Crippen LogP contribution is -1.79. The topological polar surface area (TPSA) is 97.5 Å². The monoisotopic (exact) mass is 276 g/mol. The van der Waals surface area contributed by atoms with Gasteiger partial charge in [0.25, 0.3) is 0 Å². The fourth-order valence-electron chi connectivity index (χ4n) is 1.86. The quantitative estimate of drug-likeness (QED) is 0.278. The highest BCUT2D eigenvalue weighted by Gasteiger charge is 1.97. The molecule has 0 aliphatic rings. The highest BCUT2D eigenvalue weighted by Crippen LogP contribution is 2.22. The molecule has 0 aliphatic heterocycles. The van der Waals surface area contributed by atoms with Crippen molar-refractivity contribution in [3.05, 3.63) is 80.5 Å². The molecule has 21 heavy (non-hydrogen) atoms. The number of benzene rings is 2. The fourth-order valence-corrected chi connectivity index (χ4v) is 1.86. The minimum absolute atomic E-state index is 0.589. The first kappa shape index (κ1) is 14.2. The molecule has 0 N–H and O–H groups in total. The van der Waals surface area contributed by atoms with Crippen LogP contribution in [0.15, 0.2) is 58.8 Å². The Morgan fingerprint density at radius 1 is 0.857 bits per heavy atom. The van der Waals surface area contributed by atoms with Crippen LogP contribution in [0.3, 0.4) is 0 Å². The molecule has 0 radical (unpaired) electrons. The molecule has 0 unspecified atom stereocenters. The van der Waals surface area contributed by atoms with Crippen molar-refractivity contribution in [2.24, 2.45) is 10.2 Å². The molecule has 0 aromatic heterocycles. The molecule has 0 aliphatic carbocycles. The van der Waals surface area contributed by atoms with E-state index >= 15 is 0 Å². The van der Waals surface area contributed by atoms with Crippen molar-refractivity contribution in [1.29, 1.82) is 0 Å². The van der Waals surface area contributed by atoms with E-state index < -0.39 is 0 Å². The molecular formula is C15H12N6. The highest BCUT2D eigenvalue weighted by molar-refractivity contribution is 5.80. The van der Waals surface area contributed by atoms with Crippen LogP contribution >= 0.6 is 0 Å². The lowest BCUT2D eigenvalue weighted by atomic mass is 10.0. The lowest BCUT2D eigenvalue weighted by molar-refractivity contribution is 1.45. The second-order valence-corrected chi connectivity index (χ2v) is 4.34. The molecule has 0 saturated heterocycles. The average molecular weight is 276 g/mol. The van der Waals surface area contributed by atoms with Gasteiger partial charge in [0.1, 0.15) is 0 Å². The molecule has 6 heteroatoms. The summed E-state index contributed by atoms with van der Waals surface area (Å²) in [6.07, 6.45) is 2.03. The van der Waals surface area contributed by atoms with Crippen LogP contribution in [0.1, 0.15) is 18.1 Å². The van der Waals surface area contributed by atoms with Gasteiger partial charge in [-0.3, -0.25) is 0 Å². The Kier molecular flexibility index (Phi) is 4.62. The predicted octanol–water partition coefficient (Wildman–Crippen LogP) is 6.13. The first-order valence-corrected chi connectivity index (χ1v) is 6.22. The van der Waals surface area contributed by atoms with E-state index in [0.29, 0.717) is 11.4 Å². The highest BCUT2D eigenvalue weighted by atomic mass is 15.1. The number of rotatable bonds is 4. The van der Waals surface area contributed by atoms with Gasteiger partial charge < -0.3 is 0 Å². The zero-order valence-corrected chi connectivity index (χ0v) is 11.4. The summed E-state index contributed by atoms with van der Waals surface area (Å²) in [6.45, 7) is 2.00. The Hall–Kier alpha value is -3.20. The first-order chi connectivity index (χ1) is 10.2. The van der Waals surface area contributed by atoms with Crippen molar-refractivity contribution >= 4 is 23.0 Å². The van der Waals surface area contributed by atoms with Crippen LogP contribution in [-0.4, -0.2) is 0 Å². The normalized spacial score (nSPS) is 10.4. The summed E-state index contributed by atoms with van der Waals surface area (Å²) in [4.78, 5) is 5.49. The smallest absolute Gasteiger partial charge is 0.0375 e. The zero-order chi connectivity index (χ0) is 15.1. The summed E-state index contributed by atoms with van der Waals surface area (Å²) in [6, 6.07) is 14.7. The van der Waals surface area contributed by atoms with Gasteiger partial charge in [-0.2, -0.15) is 0 Å². The molecule has 0 bridgehead atoms. The van der Waals surface area contributed by atoms with Gasteiger partial charge in [-0.25, -0.2) is 0 Å². The summed E-state index contributed by atoms with van der Waals surface area (Å²) >= 11 is 0. The Labute approximate surface area is 121 Å². The minimum Gasteiger partial charge on any atom is -0.0608 e. The molecular weight excluding hydrogens is 264 g/mol. The van der Waals surface area contributed by atoms with Crippen LogP contribution in [0.2, 0.25) is 0 Å². The number of azide groups is 2. The molecule has 2 rings (SSSR count). The van der Waals surface area contributed by atoms with Crippen molar-refractivity contribution in [3.63, 3.8) is 0 Å². The first-order valence-electron chi connectivity index (χ1n) is 6.22. The van der Waals surface area contributed by atoms with E-state index in [4.69, 9.17) is 11.1 Å². The van der Waals surface area contributed by atoms with Crippen LogP contribution in [0, 0.1) is 0 Å². The Bertz CT molecular complexity index is 746. The molecule has 6 nitrogen and oxygen atoms in total. The van der Waals surface area contributed by atoms with Gasteiger partial charge in [-0.1, -0.05) is 64.8 Å². The third kappa shape index (κ3) is 3.88. The van der Waals surface area contributed by atoms with Crippen molar-refractivity contribution in [2.45, 2.75) is 6.92 Å². The Balaban J connectivity index is 2.23. The van der Waals surface area contributed by atoms with E-state index in [1.807, 2.05) is 37.3 Å². The largest absolute Gasteiger partial charge is 0.0608 e. The summed E-state index contributed by atoms with van der Waals surface area (Å²) in [5.74, 6) is 0. The molecule has 0 amide bonds. The van der Waals surface area contributed by atoms with Gasteiger partial charge in [0.15, 0.2) is 0 Å². The Morgan fingerprint density at radius 2 is 1.33 bits per heavy atom. The predicted molar refractivity (Wildman–Crippen MR) is 84.0 cm³/mol. The van der Waals surface area contributed by atoms with Gasteiger partial charge in [-0.05, 0) is 34.7 Å². The van der Waals surface area contributed by atoms with E-state index in [2.05, 4.69) is 20.1 Å². The molecule has 0 saturated carbocycles. The van der Waals surface area contributed by atoms with Gasteiger partial charge in [0, 0.05) is 21.2 Å². The van der Waals surface area contributed by atoms with E-state index in [0.717, 1.165) is 16.7 Å². The van der Waals surface area contributed by atoms with Crippen molar-refractivity contribution < 1.29 is 0 Å². The molecule has 0 spiro atoms. The number of allylic oxidation sites excluding steroid dienone is 1. The molecule has 2 aromatic carbocycles. The molecule has 102 valence electrons. The van der Waals surface area contributed by atoms with Gasteiger partial charge >= 0.3 is 0 Å². The fraction of sp³-hybridized carbons (Fsp3) is 0.0667. The van der Waals surface area contributed by atoms with Crippen LogP contribution in [0.4, 0.5) is 11.4 Å². The van der Waals surface area contributed by atoms with Crippen LogP contribution in [0.25, 0.3) is 32.5 Å².